The third kappa shape index (κ3) is 3.36. The zero-order valence-corrected chi connectivity index (χ0v) is 13.6. The van der Waals surface area contributed by atoms with Gasteiger partial charge >= 0.3 is 0 Å². The molecule has 1 atom stereocenters. The Morgan fingerprint density at radius 2 is 2.04 bits per heavy atom. The standard InChI is InChI=1S/C19H22N2O2/c1-3-13-5-7-15(8-6-13)20-18(22)16-11-14-10-12(2)4-9-17(14)21-19(16)23/h5-8,11-12H,3-4,9-10H2,1-2H3,(H,20,22)(H,21,23)/t12-/m0/s1. The number of carbonyl (C=O) groups is 1. The Bertz CT molecular complexity index is 775. The molecule has 120 valence electrons. The van der Waals surface area contributed by atoms with Gasteiger partial charge in [0.15, 0.2) is 0 Å². The van der Waals surface area contributed by atoms with Crippen molar-refractivity contribution in [1.82, 2.24) is 4.98 Å². The Balaban J connectivity index is 1.84. The van der Waals surface area contributed by atoms with Crippen molar-refractivity contribution < 1.29 is 4.79 Å². The van der Waals surface area contributed by atoms with E-state index in [1.54, 1.807) is 6.07 Å². The molecule has 1 aromatic heterocycles. The molecule has 0 fully saturated rings. The van der Waals surface area contributed by atoms with Crippen LogP contribution in [0.4, 0.5) is 5.69 Å². The average Bonchev–Trinajstić information content (AvgIpc) is 2.55. The number of anilines is 1. The molecule has 0 bridgehead atoms. The minimum Gasteiger partial charge on any atom is -0.325 e. The van der Waals surface area contributed by atoms with Crippen LogP contribution >= 0.6 is 0 Å². The molecule has 2 N–H and O–H groups in total. The Morgan fingerprint density at radius 3 is 2.74 bits per heavy atom. The van der Waals surface area contributed by atoms with Crippen molar-refractivity contribution in [2.24, 2.45) is 5.92 Å². The number of pyridine rings is 1. The van der Waals surface area contributed by atoms with E-state index in [1.165, 1.54) is 5.56 Å². The van der Waals surface area contributed by atoms with Gasteiger partial charge in [-0.05, 0) is 60.9 Å². The molecule has 4 nitrogen and oxygen atoms in total. The normalized spacial score (nSPS) is 16.7. The molecule has 0 saturated carbocycles. The van der Waals surface area contributed by atoms with Gasteiger partial charge in [0.2, 0.25) is 0 Å². The zero-order valence-electron chi connectivity index (χ0n) is 13.6. The monoisotopic (exact) mass is 310 g/mol. The van der Waals surface area contributed by atoms with E-state index < -0.39 is 0 Å². The van der Waals surface area contributed by atoms with Gasteiger partial charge in [0.1, 0.15) is 5.56 Å². The fourth-order valence-corrected chi connectivity index (χ4v) is 3.08. The van der Waals surface area contributed by atoms with Gasteiger partial charge in [0.25, 0.3) is 11.5 Å². The highest BCUT2D eigenvalue weighted by atomic mass is 16.2. The smallest absolute Gasteiger partial charge is 0.261 e. The van der Waals surface area contributed by atoms with Crippen LogP contribution in [-0.4, -0.2) is 10.9 Å². The summed E-state index contributed by atoms with van der Waals surface area (Å²) in [5, 5.41) is 2.81. The molecule has 0 radical (unpaired) electrons. The minimum atomic E-state index is -0.350. The topological polar surface area (TPSA) is 62.0 Å². The van der Waals surface area contributed by atoms with Crippen molar-refractivity contribution in [3.05, 3.63) is 63.1 Å². The second-order valence-electron chi connectivity index (χ2n) is 6.37. The first-order chi connectivity index (χ1) is 11.1. The van der Waals surface area contributed by atoms with Gasteiger partial charge in [-0.2, -0.15) is 0 Å². The van der Waals surface area contributed by atoms with Crippen molar-refractivity contribution in [2.75, 3.05) is 5.32 Å². The highest BCUT2D eigenvalue weighted by Gasteiger charge is 2.20. The number of fused-ring (bicyclic) bond motifs is 1. The fourth-order valence-electron chi connectivity index (χ4n) is 3.08. The van der Waals surface area contributed by atoms with E-state index in [1.807, 2.05) is 24.3 Å². The summed E-state index contributed by atoms with van der Waals surface area (Å²) in [7, 11) is 0. The van der Waals surface area contributed by atoms with E-state index in [-0.39, 0.29) is 17.0 Å². The van der Waals surface area contributed by atoms with E-state index in [0.29, 0.717) is 11.6 Å². The quantitative estimate of drug-likeness (QED) is 0.913. The maximum Gasteiger partial charge on any atom is 0.261 e. The molecule has 1 heterocycles. The lowest BCUT2D eigenvalue weighted by atomic mass is 9.87. The lowest BCUT2D eigenvalue weighted by Crippen LogP contribution is -2.27. The predicted octanol–water partition coefficient (Wildman–Crippen LogP) is 3.31. The Labute approximate surface area is 135 Å². The summed E-state index contributed by atoms with van der Waals surface area (Å²) in [6, 6.07) is 9.46. The summed E-state index contributed by atoms with van der Waals surface area (Å²) in [5.74, 6) is 0.238. The maximum atomic E-state index is 12.4. The van der Waals surface area contributed by atoms with E-state index in [4.69, 9.17) is 0 Å². The summed E-state index contributed by atoms with van der Waals surface area (Å²) in [6.07, 6.45) is 3.83. The van der Waals surface area contributed by atoms with Crippen molar-refractivity contribution in [3.8, 4) is 0 Å². The number of aromatic amines is 1. The van der Waals surface area contributed by atoms with E-state index in [0.717, 1.165) is 36.9 Å². The summed E-state index contributed by atoms with van der Waals surface area (Å²) < 4.78 is 0. The number of H-pyrrole nitrogens is 1. The van der Waals surface area contributed by atoms with Crippen LogP contribution in [0.3, 0.4) is 0 Å². The van der Waals surface area contributed by atoms with Crippen LogP contribution in [0.1, 0.15) is 47.4 Å². The number of rotatable bonds is 3. The molecule has 23 heavy (non-hydrogen) atoms. The van der Waals surface area contributed by atoms with Crippen LogP contribution < -0.4 is 10.9 Å². The molecule has 4 heteroatoms. The second-order valence-corrected chi connectivity index (χ2v) is 6.37. The lowest BCUT2D eigenvalue weighted by Gasteiger charge is -2.21. The van der Waals surface area contributed by atoms with Crippen LogP contribution in [0.25, 0.3) is 0 Å². The Kier molecular flexibility index (Phi) is 4.33. The van der Waals surface area contributed by atoms with Crippen molar-refractivity contribution >= 4 is 11.6 Å². The molecule has 0 saturated heterocycles. The molecular formula is C19H22N2O2. The molecule has 0 aliphatic heterocycles. The summed E-state index contributed by atoms with van der Waals surface area (Å²) >= 11 is 0. The summed E-state index contributed by atoms with van der Waals surface area (Å²) in [5.41, 5.74) is 3.88. The molecule has 0 unspecified atom stereocenters. The van der Waals surface area contributed by atoms with Crippen LogP contribution in [0.15, 0.2) is 35.1 Å². The Morgan fingerprint density at radius 1 is 1.30 bits per heavy atom. The first-order valence-electron chi connectivity index (χ1n) is 8.22. The highest BCUT2D eigenvalue weighted by Crippen LogP contribution is 2.23. The predicted molar refractivity (Wildman–Crippen MR) is 92.0 cm³/mol. The number of aromatic nitrogens is 1. The summed E-state index contributed by atoms with van der Waals surface area (Å²) in [6.45, 7) is 4.28. The molecular weight excluding hydrogens is 288 g/mol. The highest BCUT2D eigenvalue weighted by molar-refractivity contribution is 6.04. The molecule has 0 spiro atoms. The third-order valence-corrected chi connectivity index (χ3v) is 4.54. The zero-order chi connectivity index (χ0) is 16.4. The first kappa shape index (κ1) is 15.5. The maximum absolute atomic E-state index is 12.4. The van der Waals surface area contributed by atoms with Crippen molar-refractivity contribution in [3.63, 3.8) is 0 Å². The average molecular weight is 310 g/mol. The van der Waals surface area contributed by atoms with Gasteiger partial charge in [-0.3, -0.25) is 9.59 Å². The molecule has 2 aromatic rings. The number of carbonyl (C=O) groups excluding carboxylic acids is 1. The Hall–Kier alpha value is -2.36. The number of aryl methyl sites for hydroxylation is 2. The van der Waals surface area contributed by atoms with Crippen LogP contribution in [0.5, 0.6) is 0 Å². The third-order valence-electron chi connectivity index (χ3n) is 4.54. The van der Waals surface area contributed by atoms with Gasteiger partial charge < -0.3 is 10.3 Å². The van der Waals surface area contributed by atoms with E-state index >= 15 is 0 Å². The number of benzene rings is 1. The number of hydrogen-bond donors (Lipinski definition) is 2. The molecule has 1 aliphatic carbocycles. The number of nitrogens with one attached hydrogen (secondary N) is 2. The minimum absolute atomic E-state index is 0.192. The van der Waals surface area contributed by atoms with Crippen LogP contribution in [0, 0.1) is 5.92 Å². The van der Waals surface area contributed by atoms with Crippen molar-refractivity contribution in [2.45, 2.75) is 39.5 Å². The molecule has 1 amide bonds. The van der Waals surface area contributed by atoms with Gasteiger partial charge in [0.05, 0.1) is 0 Å². The SMILES string of the molecule is CCc1ccc(NC(=O)c2cc3c([nH]c2=O)CC[C@H](C)C3)cc1. The van der Waals surface area contributed by atoms with E-state index in [9.17, 15) is 9.59 Å². The molecule has 1 aromatic carbocycles. The largest absolute Gasteiger partial charge is 0.325 e. The van der Waals surface area contributed by atoms with Gasteiger partial charge in [-0.15, -0.1) is 0 Å². The van der Waals surface area contributed by atoms with Gasteiger partial charge in [0, 0.05) is 11.4 Å². The molecule has 1 aliphatic rings. The number of hydrogen-bond acceptors (Lipinski definition) is 2. The van der Waals surface area contributed by atoms with E-state index in [2.05, 4.69) is 24.1 Å². The summed E-state index contributed by atoms with van der Waals surface area (Å²) in [4.78, 5) is 27.5. The van der Waals surface area contributed by atoms with Crippen LogP contribution in [-0.2, 0) is 19.3 Å². The van der Waals surface area contributed by atoms with Crippen molar-refractivity contribution in [1.29, 1.82) is 0 Å². The van der Waals surface area contributed by atoms with Crippen LogP contribution in [0.2, 0.25) is 0 Å². The second kappa shape index (κ2) is 6.41. The molecule has 3 rings (SSSR count). The fraction of sp³-hybridized carbons (Fsp3) is 0.368. The first-order valence-corrected chi connectivity index (χ1v) is 8.22. The number of amides is 1. The lowest BCUT2D eigenvalue weighted by molar-refractivity contribution is 0.102. The van der Waals surface area contributed by atoms with Gasteiger partial charge in [-0.25, -0.2) is 0 Å². The van der Waals surface area contributed by atoms with Gasteiger partial charge in [-0.1, -0.05) is 26.0 Å².